The molecule has 3 nitrogen and oxygen atoms in total. The van der Waals surface area contributed by atoms with Crippen molar-refractivity contribution in [3.63, 3.8) is 0 Å². The zero-order valence-electron chi connectivity index (χ0n) is 16.1. The van der Waals surface area contributed by atoms with Crippen LogP contribution >= 0.6 is 0 Å². The average Bonchev–Trinajstić information content (AvgIpc) is 3.18. The van der Waals surface area contributed by atoms with Crippen LogP contribution in [0.5, 0.6) is 0 Å². The molecule has 3 rings (SSSR count). The van der Waals surface area contributed by atoms with Crippen LogP contribution in [0.15, 0.2) is 48.5 Å². The fourth-order valence-corrected chi connectivity index (χ4v) is 3.64. The molecule has 1 amide bonds. The van der Waals surface area contributed by atoms with E-state index < -0.39 is 0 Å². The second-order valence-corrected chi connectivity index (χ2v) is 7.41. The van der Waals surface area contributed by atoms with Crippen molar-refractivity contribution >= 4 is 11.6 Å². The SMILES string of the molecule is Cc1ccc(CCCC(=O)N(C)Cc2ccccc2N2CCCC2)cc1. The Hall–Kier alpha value is -2.29. The summed E-state index contributed by atoms with van der Waals surface area (Å²) < 4.78 is 0. The summed E-state index contributed by atoms with van der Waals surface area (Å²) in [6.45, 7) is 5.05. The Labute approximate surface area is 157 Å². The predicted molar refractivity (Wildman–Crippen MR) is 108 cm³/mol. The highest BCUT2D eigenvalue weighted by Crippen LogP contribution is 2.25. The van der Waals surface area contributed by atoms with E-state index in [1.54, 1.807) is 0 Å². The summed E-state index contributed by atoms with van der Waals surface area (Å²) in [5, 5.41) is 0. The van der Waals surface area contributed by atoms with Gasteiger partial charge < -0.3 is 9.80 Å². The zero-order chi connectivity index (χ0) is 18.4. The highest BCUT2D eigenvalue weighted by atomic mass is 16.2. The summed E-state index contributed by atoms with van der Waals surface area (Å²) >= 11 is 0. The quantitative estimate of drug-likeness (QED) is 0.730. The molecular formula is C23H30N2O. The van der Waals surface area contributed by atoms with Crippen molar-refractivity contribution in [3.8, 4) is 0 Å². The van der Waals surface area contributed by atoms with Gasteiger partial charge in [-0.3, -0.25) is 4.79 Å². The third-order valence-corrected chi connectivity index (χ3v) is 5.25. The van der Waals surface area contributed by atoms with E-state index >= 15 is 0 Å². The molecule has 0 bridgehead atoms. The first-order valence-electron chi connectivity index (χ1n) is 9.76. The van der Waals surface area contributed by atoms with Crippen LogP contribution in [0.1, 0.15) is 42.4 Å². The third kappa shape index (κ3) is 4.87. The van der Waals surface area contributed by atoms with Gasteiger partial charge in [0.1, 0.15) is 0 Å². The van der Waals surface area contributed by atoms with Gasteiger partial charge in [0.05, 0.1) is 0 Å². The molecule has 0 saturated carbocycles. The molecule has 0 atom stereocenters. The van der Waals surface area contributed by atoms with Gasteiger partial charge in [0.2, 0.25) is 5.91 Å². The molecule has 1 aliphatic rings. The van der Waals surface area contributed by atoms with Gasteiger partial charge in [-0.1, -0.05) is 48.0 Å². The molecule has 26 heavy (non-hydrogen) atoms. The lowest BCUT2D eigenvalue weighted by atomic mass is 10.1. The van der Waals surface area contributed by atoms with Gasteiger partial charge in [-0.25, -0.2) is 0 Å². The van der Waals surface area contributed by atoms with Crippen LogP contribution in [-0.4, -0.2) is 30.9 Å². The van der Waals surface area contributed by atoms with Crippen molar-refractivity contribution in [1.29, 1.82) is 0 Å². The second kappa shape index (κ2) is 8.88. The highest BCUT2D eigenvalue weighted by molar-refractivity contribution is 5.76. The maximum Gasteiger partial charge on any atom is 0.222 e. The van der Waals surface area contributed by atoms with Crippen molar-refractivity contribution in [1.82, 2.24) is 4.90 Å². The van der Waals surface area contributed by atoms with E-state index in [-0.39, 0.29) is 5.91 Å². The first-order valence-corrected chi connectivity index (χ1v) is 9.76. The largest absolute Gasteiger partial charge is 0.371 e. The summed E-state index contributed by atoms with van der Waals surface area (Å²) in [7, 11) is 1.93. The molecule has 1 aliphatic heterocycles. The van der Waals surface area contributed by atoms with Crippen LogP contribution in [0.25, 0.3) is 0 Å². The summed E-state index contributed by atoms with van der Waals surface area (Å²) in [5.41, 5.74) is 5.14. The Morgan fingerprint density at radius 2 is 1.73 bits per heavy atom. The van der Waals surface area contributed by atoms with Gasteiger partial charge in [-0.05, 0) is 49.8 Å². The molecule has 0 aliphatic carbocycles. The fourth-order valence-electron chi connectivity index (χ4n) is 3.64. The van der Waals surface area contributed by atoms with Crippen LogP contribution in [0.2, 0.25) is 0 Å². The van der Waals surface area contributed by atoms with E-state index in [4.69, 9.17) is 0 Å². The lowest BCUT2D eigenvalue weighted by molar-refractivity contribution is -0.130. The number of carbonyl (C=O) groups excluding carboxylic acids is 1. The van der Waals surface area contributed by atoms with E-state index in [1.807, 2.05) is 11.9 Å². The van der Waals surface area contributed by atoms with Crippen LogP contribution < -0.4 is 4.90 Å². The number of carbonyl (C=O) groups is 1. The minimum absolute atomic E-state index is 0.230. The number of rotatable bonds is 7. The van der Waals surface area contributed by atoms with Gasteiger partial charge in [0, 0.05) is 38.8 Å². The van der Waals surface area contributed by atoms with Gasteiger partial charge in [-0.2, -0.15) is 0 Å². The number of hydrogen-bond acceptors (Lipinski definition) is 2. The predicted octanol–water partition coefficient (Wildman–Crippen LogP) is 4.58. The Morgan fingerprint density at radius 3 is 2.46 bits per heavy atom. The smallest absolute Gasteiger partial charge is 0.222 e. The summed E-state index contributed by atoms with van der Waals surface area (Å²) in [6, 6.07) is 17.1. The number of hydrogen-bond donors (Lipinski definition) is 0. The molecule has 0 N–H and O–H groups in total. The number of amides is 1. The van der Waals surface area contributed by atoms with Crippen molar-refractivity contribution in [3.05, 3.63) is 65.2 Å². The van der Waals surface area contributed by atoms with Crippen LogP contribution in [-0.2, 0) is 17.8 Å². The van der Waals surface area contributed by atoms with Crippen molar-refractivity contribution in [2.24, 2.45) is 0 Å². The van der Waals surface area contributed by atoms with Crippen molar-refractivity contribution < 1.29 is 4.79 Å². The molecule has 0 radical (unpaired) electrons. The Bertz CT molecular complexity index is 717. The molecule has 0 unspecified atom stereocenters. The Kier molecular flexibility index (Phi) is 6.32. The van der Waals surface area contributed by atoms with E-state index in [0.717, 1.165) is 25.9 Å². The minimum atomic E-state index is 0.230. The number of para-hydroxylation sites is 1. The minimum Gasteiger partial charge on any atom is -0.371 e. The summed E-state index contributed by atoms with van der Waals surface area (Å²) in [5.74, 6) is 0.230. The zero-order valence-corrected chi connectivity index (χ0v) is 16.1. The maximum atomic E-state index is 12.5. The normalized spacial score (nSPS) is 13.8. The summed E-state index contributed by atoms with van der Waals surface area (Å²) in [4.78, 5) is 16.9. The lowest BCUT2D eigenvalue weighted by Crippen LogP contribution is -2.27. The lowest BCUT2D eigenvalue weighted by Gasteiger charge is -2.24. The second-order valence-electron chi connectivity index (χ2n) is 7.41. The average molecular weight is 351 g/mol. The Morgan fingerprint density at radius 1 is 1.04 bits per heavy atom. The first kappa shape index (κ1) is 18.5. The fraction of sp³-hybridized carbons (Fsp3) is 0.435. The van der Waals surface area contributed by atoms with E-state index in [2.05, 4.69) is 60.4 Å². The molecule has 138 valence electrons. The first-order chi connectivity index (χ1) is 12.6. The molecule has 1 heterocycles. The molecule has 0 spiro atoms. The van der Waals surface area contributed by atoms with Gasteiger partial charge >= 0.3 is 0 Å². The van der Waals surface area contributed by atoms with Crippen molar-refractivity contribution in [2.75, 3.05) is 25.0 Å². The molecule has 3 heteroatoms. The van der Waals surface area contributed by atoms with Gasteiger partial charge in [0.25, 0.3) is 0 Å². The molecular weight excluding hydrogens is 320 g/mol. The Balaban J connectivity index is 1.52. The maximum absolute atomic E-state index is 12.5. The van der Waals surface area contributed by atoms with Crippen LogP contribution in [0.3, 0.4) is 0 Å². The number of aryl methyl sites for hydroxylation is 2. The standard InChI is InChI=1S/C23H30N2O/c1-19-12-14-20(15-13-19)8-7-11-23(26)24(2)18-21-9-3-4-10-22(21)25-16-5-6-17-25/h3-4,9-10,12-15H,5-8,11,16-18H2,1-2H3. The number of anilines is 1. The molecule has 2 aromatic rings. The van der Waals surface area contributed by atoms with E-state index in [9.17, 15) is 4.79 Å². The van der Waals surface area contributed by atoms with Crippen LogP contribution in [0, 0.1) is 6.92 Å². The van der Waals surface area contributed by atoms with Gasteiger partial charge in [-0.15, -0.1) is 0 Å². The number of benzene rings is 2. The highest BCUT2D eigenvalue weighted by Gasteiger charge is 2.17. The molecule has 1 saturated heterocycles. The molecule has 2 aromatic carbocycles. The molecule has 1 fully saturated rings. The van der Waals surface area contributed by atoms with Crippen molar-refractivity contribution in [2.45, 2.75) is 45.6 Å². The topological polar surface area (TPSA) is 23.6 Å². The third-order valence-electron chi connectivity index (χ3n) is 5.25. The molecule has 0 aromatic heterocycles. The monoisotopic (exact) mass is 350 g/mol. The van der Waals surface area contributed by atoms with Crippen LogP contribution in [0.4, 0.5) is 5.69 Å². The van der Waals surface area contributed by atoms with Gasteiger partial charge in [0.15, 0.2) is 0 Å². The van der Waals surface area contributed by atoms with E-state index in [0.29, 0.717) is 13.0 Å². The number of nitrogens with zero attached hydrogens (tertiary/aromatic N) is 2. The van der Waals surface area contributed by atoms with E-state index in [1.165, 1.54) is 35.2 Å². The summed E-state index contributed by atoms with van der Waals surface area (Å²) in [6.07, 6.45) is 5.00.